The van der Waals surface area contributed by atoms with E-state index >= 15 is 0 Å². The van der Waals surface area contributed by atoms with Gasteiger partial charge in [-0.05, 0) is 18.6 Å². The van der Waals surface area contributed by atoms with Crippen molar-refractivity contribution in [2.75, 3.05) is 7.11 Å². The van der Waals surface area contributed by atoms with Crippen LogP contribution in [0.1, 0.15) is 17.6 Å². The molecule has 3 heteroatoms. The zero-order valence-electron chi connectivity index (χ0n) is 6.97. The number of aryl methyl sites for hydroxylation is 1. The minimum Gasteiger partial charge on any atom is -0.496 e. The molecule has 0 heterocycles. The first-order valence-electron chi connectivity index (χ1n) is 3.58. The van der Waals surface area contributed by atoms with E-state index in [1.807, 2.05) is 0 Å². The molecule has 0 saturated heterocycles. The SMILES string of the molecule is COc1cccc(C)c1C(F)F. The molecule has 0 atom stereocenters. The van der Waals surface area contributed by atoms with Crippen molar-refractivity contribution in [3.63, 3.8) is 0 Å². The second-order valence-corrected chi connectivity index (χ2v) is 2.49. The first-order chi connectivity index (χ1) is 5.66. The fourth-order valence-electron chi connectivity index (χ4n) is 1.11. The highest BCUT2D eigenvalue weighted by atomic mass is 19.3. The number of ether oxygens (including phenoxy) is 1. The van der Waals surface area contributed by atoms with Gasteiger partial charge in [-0.1, -0.05) is 12.1 Å². The number of hydrogen-bond acceptors (Lipinski definition) is 1. The van der Waals surface area contributed by atoms with Gasteiger partial charge in [0.2, 0.25) is 0 Å². The fourth-order valence-corrected chi connectivity index (χ4v) is 1.11. The first-order valence-corrected chi connectivity index (χ1v) is 3.58. The molecule has 0 radical (unpaired) electrons. The van der Waals surface area contributed by atoms with Gasteiger partial charge in [0.15, 0.2) is 0 Å². The lowest BCUT2D eigenvalue weighted by molar-refractivity contribution is 0.146. The molecule has 1 rings (SSSR count). The Morgan fingerprint density at radius 2 is 2.00 bits per heavy atom. The topological polar surface area (TPSA) is 9.23 Å². The van der Waals surface area contributed by atoms with E-state index in [0.29, 0.717) is 5.56 Å². The normalized spacial score (nSPS) is 10.4. The molecule has 1 aromatic rings. The largest absolute Gasteiger partial charge is 0.496 e. The molecule has 0 aromatic heterocycles. The van der Waals surface area contributed by atoms with E-state index in [1.54, 1.807) is 19.1 Å². The van der Waals surface area contributed by atoms with Gasteiger partial charge in [0.25, 0.3) is 6.43 Å². The molecule has 0 aliphatic rings. The highest BCUT2D eigenvalue weighted by Crippen LogP contribution is 2.31. The molecule has 0 amide bonds. The molecular formula is C9H10F2O. The molecule has 66 valence electrons. The minimum atomic E-state index is -2.47. The van der Waals surface area contributed by atoms with E-state index in [2.05, 4.69) is 0 Å². The Balaban J connectivity index is 3.20. The molecule has 0 fully saturated rings. The summed E-state index contributed by atoms with van der Waals surface area (Å²) in [6.45, 7) is 1.64. The summed E-state index contributed by atoms with van der Waals surface area (Å²) in [5, 5.41) is 0. The summed E-state index contributed by atoms with van der Waals surface area (Å²) < 4.78 is 29.6. The summed E-state index contributed by atoms with van der Waals surface area (Å²) in [7, 11) is 1.39. The van der Waals surface area contributed by atoms with Gasteiger partial charge >= 0.3 is 0 Å². The minimum absolute atomic E-state index is 0.0139. The van der Waals surface area contributed by atoms with E-state index in [0.717, 1.165) is 0 Å². The number of benzene rings is 1. The van der Waals surface area contributed by atoms with Crippen LogP contribution in [-0.4, -0.2) is 7.11 Å². The number of hydrogen-bond donors (Lipinski definition) is 0. The Morgan fingerprint density at radius 3 is 2.42 bits per heavy atom. The van der Waals surface area contributed by atoms with Crippen LogP contribution in [-0.2, 0) is 0 Å². The highest BCUT2D eigenvalue weighted by Gasteiger charge is 2.15. The van der Waals surface area contributed by atoms with Gasteiger partial charge in [0.1, 0.15) is 5.75 Å². The quantitative estimate of drug-likeness (QED) is 0.666. The molecule has 0 aliphatic carbocycles. The zero-order valence-corrected chi connectivity index (χ0v) is 6.97. The summed E-state index contributed by atoms with van der Waals surface area (Å²) in [4.78, 5) is 0. The van der Waals surface area contributed by atoms with Crippen molar-refractivity contribution in [3.05, 3.63) is 29.3 Å². The third-order valence-corrected chi connectivity index (χ3v) is 1.72. The van der Waals surface area contributed by atoms with Gasteiger partial charge < -0.3 is 4.74 Å². The van der Waals surface area contributed by atoms with Crippen molar-refractivity contribution < 1.29 is 13.5 Å². The van der Waals surface area contributed by atoms with E-state index in [9.17, 15) is 8.78 Å². The van der Waals surface area contributed by atoms with Crippen molar-refractivity contribution in [2.24, 2.45) is 0 Å². The van der Waals surface area contributed by atoms with Crippen molar-refractivity contribution in [2.45, 2.75) is 13.3 Å². The molecule has 0 bridgehead atoms. The number of rotatable bonds is 2. The Hall–Kier alpha value is -1.12. The number of methoxy groups -OCH3 is 1. The smallest absolute Gasteiger partial charge is 0.267 e. The standard InChI is InChI=1S/C9H10F2O/c1-6-4-3-5-7(12-2)8(6)9(10)11/h3-5,9H,1-2H3. The lowest BCUT2D eigenvalue weighted by Crippen LogP contribution is -1.94. The monoisotopic (exact) mass is 172 g/mol. The highest BCUT2D eigenvalue weighted by molar-refractivity contribution is 5.40. The van der Waals surface area contributed by atoms with Crippen molar-refractivity contribution >= 4 is 0 Å². The van der Waals surface area contributed by atoms with Gasteiger partial charge in [-0.3, -0.25) is 0 Å². The summed E-state index contributed by atoms with van der Waals surface area (Å²) in [5.74, 6) is 0.255. The molecule has 1 aromatic carbocycles. The average Bonchev–Trinajstić information content (AvgIpc) is 2.03. The molecule has 0 unspecified atom stereocenters. The van der Waals surface area contributed by atoms with E-state index in [-0.39, 0.29) is 11.3 Å². The zero-order chi connectivity index (χ0) is 9.14. The van der Waals surface area contributed by atoms with Crippen LogP contribution in [0.2, 0.25) is 0 Å². The Morgan fingerprint density at radius 1 is 1.33 bits per heavy atom. The molecule has 0 aliphatic heterocycles. The Bertz CT molecular complexity index is 271. The van der Waals surface area contributed by atoms with Crippen LogP contribution in [0.4, 0.5) is 8.78 Å². The fraction of sp³-hybridized carbons (Fsp3) is 0.333. The van der Waals surface area contributed by atoms with Crippen LogP contribution in [0.3, 0.4) is 0 Å². The number of alkyl halides is 2. The molecule has 0 N–H and O–H groups in total. The third-order valence-electron chi connectivity index (χ3n) is 1.72. The Labute approximate surface area is 70.0 Å². The first kappa shape index (κ1) is 8.97. The predicted octanol–water partition coefficient (Wildman–Crippen LogP) is 2.94. The molecule has 0 spiro atoms. The van der Waals surface area contributed by atoms with Gasteiger partial charge in [-0.25, -0.2) is 8.78 Å². The summed E-state index contributed by atoms with van der Waals surface area (Å²) in [6, 6.07) is 4.87. The predicted molar refractivity (Wildman–Crippen MR) is 42.7 cm³/mol. The third kappa shape index (κ3) is 1.55. The van der Waals surface area contributed by atoms with E-state index < -0.39 is 6.43 Å². The maximum Gasteiger partial charge on any atom is 0.267 e. The van der Waals surface area contributed by atoms with Crippen LogP contribution in [0.25, 0.3) is 0 Å². The Kier molecular flexibility index (Phi) is 2.63. The molecular weight excluding hydrogens is 162 g/mol. The lowest BCUT2D eigenvalue weighted by atomic mass is 10.1. The molecule has 1 nitrogen and oxygen atoms in total. The van der Waals surface area contributed by atoms with Crippen LogP contribution < -0.4 is 4.74 Å². The average molecular weight is 172 g/mol. The van der Waals surface area contributed by atoms with Gasteiger partial charge in [-0.15, -0.1) is 0 Å². The van der Waals surface area contributed by atoms with Crippen LogP contribution in [0, 0.1) is 6.92 Å². The second kappa shape index (κ2) is 3.52. The van der Waals surface area contributed by atoms with Crippen LogP contribution in [0.15, 0.2) is 18.2 Å². The van der Waals surface area contributed by atoms with Gasteiger partial charge in [0, 0.05) is 0 Å². The van der Waals surface area contributed by atoms with Crippen molar-refractivity contribution in [1.82, 2.24) is 0 Å². The van der Waals surface area contributed by atoms with Gasteiger partial charge in [0.05, 0.1) is 12.7 Å². The number of halogens is 2. The summed E-state index contributed by atoms with van der Waals surface area (Å²) in [6.07, 6.45) is -2.47. The maximum atomic E-state index is 12.4. The van der Waals surface area contributed by atoms with Gasteiger partial charge in [-0.2, -0.15) is 0 Å². The summed E-state index contributed by atoms with van der Waals surface area (Å²) in [5.41, 5.74) is 0.546. The van der Waals surface area contributed by atoms with E-state index in [1.165, 1.54) is 13.2 Å². The molecule has 0 saturated carbocycles. The summed E-state index contributed by atoms with van der Waals surface area (Å²) >= 11 is 0. The van der Waals surface area contributed by atoms with Crippen LogP contribution in [0.5, 0.6) is 5.75 Å². The maximum absolute atomic E-state index is 12.4. The van der Waals surface area contributed by atoms with Crippen molar-refractivity contribution in [1.29, 1.82) is 0 Å². The van der Waals surface area contributed by atoms with Crippen molar-refractivity contribution in [3.8, 4) is 5.75 Å². The molecule has 12 heavy (non-hydrogen) atoms. The second-order valence-electron chi connectivity index (χ2n) is 2.49. The lowest BCUT2D eigenvalue weighted by Gasteiger charge is -2.09. The van der Waals surface area contributed by atoms with Crippen LogP contribution >= 0.6 is 0 Å². The van der Waals surface area contributed by atoms with E-state index in [4.69, 9.17) is 4.74 Å².